The van der Waals surface area contributed by atoms with E-state index < -0.39 is 0 Å². The van der Waals surface area contributed by atoms with Crippen LogP contribution in [0.5, 0.6) is 5.75 Å². The maximum atomic E-state index is 10.4. The maximum absolute atomic E-state index is 10.4. The van der Waals surface area contributed by atoms with E-state index in [0.717, 1.165) is 39.1 Å². The van der Waals surface area contributed by atoms with Crippen LogP contribution >= 0.6 is 0 Å². The molecule has 5 aromatic rings. The number of nitrogens with zero attached hydrogens (tertiary/aromatic N) is 2. The molecule has 0 radical (unpaired) electrons. The van der Waals surface area contributed by atoms with Crippen molar-refractivity contribution < 1.29 is 5.11 Å². The normalized spacial score (nSPS) is 11.1. The number of phenolic OH excluding ortho intramolecular Hbond substituents is 1. The second kappa shape index (κ2) is 8.78. The van der Waals surface area contributed by atoms with Gasteiger partial charge in [-0.3, -0.25) is 4.99 Å². The van der Waals surface area contributed by atoms with Crippen molar-refractivity contribution in [3.8, 4) is 5.75 Å². The molecule has 0 aliphatic carbocycles. The summed E-state index contributed by atoms with van der Waals surface area (Å²) in [5, 5.41) is 12.4. The monoisotopic (exact) mass is 414 g/mol. The summed E-state index contributed by atoms with van der Waals surface area (Å²) < 4.78 is 0. The lowest BCUT2D eigenvalue weighted by Gasteiger charge is -2.25. The predicted molar refractivity (Wildman–Crippen MR) is 134 cm³/mol. The van der Waals surface area contributed by atoms with Crippen molar-refractivity contribution in [2.24, 2.45) is 4.99 Å². The Morgan fingerprint density at radius 2 is 1.12 bits per heavy atom. The Labute approximate surface area is 187 Å². The molecule has 0 unspecified atom stereocenters. The third kappa shape index (κ3) is 3.96. The van der Waals surface area contributed by atoms with E-state index in [4.69, 9.17) is 0 Å². The van der Waals surface area contributed by atoms with Crippen LogP contribution in [0.1, 0.15) is 5.56 Å². The molecule has 5 aromatic carbocycles. The summed E-state index contributed by atoms with van der Waals surface area (Å²) in [5.74, 6) is 0.225. The molecule has 1 N–H and O–H groups in total. The molecule has 0 atom stereocenters. The van der Waals surface area contributed by atoms with Crippen molar-refractivity contribution in [3.05, 3.63) is 127 Å². The highest BCUT2D eigenvalue weighted by molar-refractivity contribution is 6.03. The van der Waals surface area contributed by atoms with E-state index in [0.29, 0.717) is 0 Å². The Morgan fingerprint density at radius 3 is 1.78 bits per heavy atom. The van der Waals surface area contributed by atoms with Gasteiger partial charge in [0, 0.05) is 28.8 Å². The molecule has 0 fully saturated rings. The predicted octanol–water partition coefficient (Wildman–Crippen LogP) is 7.77. The van der Waals surface area contributed by atoms with Gasteiger partial charge in [-0.1, -0.05) is 66.7 Å². The molecule has 0 saturated carbocycles. The lowest BCUT2D eigenvalue weighted by Crippen LogP contribution is -2.09. The number of aliphatic imine (C=N–C) groups is 1. The van der Waals surface area contributed by atoms with Crippen LogP contribution in [0.2, 0.25) is 0 Å². The van der Waals surface area contributed by atoms with Gasteiger partial charge < -0.3 is 10.0 Å². The fourth-order valence-corrected chi connectivity index (χ4v) is 3.85. The van der Waals surface area contributed by atoms with Crippen molar-refractivity contribution in [1.29, 1.82) is 0 Å². The molecule has 0 aromatic heterocycles. The molecule has 0 heterocycles. The average molecular weight is 415 g/mol. The van der Waals surface area contributed by atoms with Crippen LogP contribution in [-0.2, 0) is 0 Å². The highest BCUT2D eigenvalue weighted by Gasteiger charge is 2.11. The Balaban J connectivity index is 1.48. The van der Waals surface area contributed by atoms with Crippen LogP contribution < -0.4 is 4.90 Å². The van der Waals surface area contributed by atoms with Crippen molar-refractivity contribution in [1.82, 2.24) is 0 Å². The maximum Gasteiger partial charge on any atom is 0.124 e. The zero-order chi connectivity index (χ0) is 21.8. The van der Waals surface area contributed by atoms with Crippen molar-refractivity contribution in [3.63, 3.8) is 0 Å². The van der Waals surface area contributed by atoms with Gasteiger partial charge in [-0.15, -0.1) is 0 Å². The molecule has 0 spiro atoms. The standard InChI is InChI=1S/C29H22N2O/c32-29-20-15-22-9-7-8-14-27(22)28(29)21-30-23-16-18-26(19-17-23)31(24-10-3-1-4-11-24)25-12-5-2-6-13-25/h1-21,32H. The minimum Gasteiger partial charge on any atom is -0.507 e. The van der Waals surface area contributed by atoms with Crippen LogP contribution in [0, 0.1) is 0 Å². The van der Waals surface area contributed by atoms with Crippen LogP contribution in [0.3, 0.4) is 0 Å². The van der Waals surface area contributed by atoms with Gasteiger partial charge in [0.2, 0.25) is 0 Å². The summed E-state index contributed by atoms with van der Waals surface area (Å²) in [4.78, 5) is 6.84. The average Bonchev–Trinajstić information content (AvgIpc) is 2.86. The minimum atomic E-state index is 0.225. The number of aromatic hydroxyl groups is 1. The molecule has 5 rings (SSSR count). The highest BCUT2D eigenvalue weighted by atomic mass is 16.3. The lowest BCUT2D eigenvalue weighted by molar-refractivity contribution is 0.475. The van der Waals surface area contributed by atoms with E-state index in [2.05, 4.69) is 46.3 Å². The molecule has 3 nitrogen and oxygen atoms in total. The number of anilines is 3. The van der Waals surface area contributed by atoms with E-state index >= 15 is 0 Å². The molecule has 0 saturated heterocycles. The van der Waals surface area contributed by atoms with E-state index in [-0.39, 0.29) is 5.75 Å². The molecule has 0 amide bonds. The molecule has 0 aliphatic heterocycles. The fraction of sp³-hybridized carbons (Fsp3) is 0. The van der Waals surface area contributed by atoms with Gasteiger partial charge in [0.05, 0.1) is 5.69 Å². The molecular formula is C29H22N2O. The van der Waals surface area contributed by atoms with Crippen molar-refractivity contribution >= 4 is 39.7 Å². The minimum absolute atomic E-state index is 0.225. The van der Waals surface area contributed by atoms with E-state index in [1.54, 1.807) is 12.3 Å². The van der Waals surface area contributed by atoms with Crippen LogP contribution in [0.25, 0.3) is 10.8 Å². The van der Waals surface area contributed by atoms with Crippen LogP contribution in [0.15, 0.2) is 126 Å². The quantitative estimate of drug-likeness (QED) is 0.298. The van der Waals surface area contributed by atoms with E-state index in [1.807, 2.05) is 78.9 Å². The first-order chi connectivity index (χ1) is 15.8. The number of rotatable bonds is 5. The molecule has 32 heavy (non-hydrogen) atoms. The third-order valence-electron chi connectivity index (χ3n) is 5.43. The summed E-state index contributed by atoms with van der Waals surface area (Å²) in [6.45, 7) is 0. The van der Waals surface area contributed by atoms with Gasteiger partial charge in [0.1, 0.15) is 5.75 Å². The smallest absolute Gasteiger partial charge is 0.124 e. The molecular weight excluding hydrogens is 392 g/mol. The summed E-state index contributed by atoms with van der Waals surface area (Å²) >= 11 is 0. The first-order valence-electron chi connectivity index (χ1n) is 10.5. The number of para-hydroxylation sites is 2. The Morgan fingerprint density at radius 1 is 0.562 bits per heavy atom. The number of hydrogen-bond acceptors (Lipinski definition) is 3. The molecule has 0 bridgehead atoms. The number of fused-ring (bicyclic) bond motifs is 1. The van der Waals surface area contributed by atoms with Crippen molar-refractivity contribution in [2.75, 3.05) is 4.90 Å². The Hall–Kier alpha value is -4.37. The second-order valence-corrected chi connectivity index (χ2v) is 7.50. The van der Waals surface area contributed by atoms with Gasteiger partial charge in [-0.2, -0.15) is 0 Å². The van der Waals surface area contributed by atoms with Gasteiger partial charge in [0.25, 0.3) is 0 Å². The molecule has 0 aliphatic rings. The molecule has 3 heteroatoms. The first kappa shape index (κ1) is 19.6. The SMILES string of the molecule is Oc1ccc2ccccc2c1C=Nc1ccc(N(c2ccccc2)c2ccccc2)cc1. The van der Waals surface area contributed by atoms with E-state index in [1.165, 1.54) is 0 Å². The summed E-state index contributed by atoms with van der Waals surface area (Å²) in [6.07, 6.45) is 1.73. The zero-order valence-electron chi connectivity index (χ0n) is 17.5. The summed E-state index contributed by atoms with van der Waals surface area (Å²) in [7, 11) is 0. The number of benzene rings is 5. The van der Waals surface area contributed by atoms with Crippen LogP contribution in [-0.4, -0.2) is 11.3 Å². The Kier molecular flexibility index (Phi) is 5.38. The van der Waals surface area contributed by atoms with Crippen molar-refractivity contribution in [2.45, 2.75) is 0 Å². The zero-order valence-corrected chi connectivity index (χ0v) is 17.5. The van der Waals surface area contributed by atoms with Crippen LogP contribution in [0.4, 0.5) is 22.7 Å². The third-order valence-corrected chi connectivity index (χ3v) is 5.43. The number of phenols is 1. The molecule has 154 valence electrons. The first-order valence-corrected chi connectivity index (χ1v) is 10.5. The fourth-order valence-electron chi connectivity index (χ4n) is 3.85. The number of hydrogen-bond donors (Lipinski definition) is 1. The highest BCUT2D eigenvalue weighted by Crippen LogP contribution is 2.35. The van der Waals surface area contributed by atoms with E-state index in [9.17, 15) is 5.11 Å². The van der Waals surface area contributed by atoms with Gasteiger partial charge in [-0.05, 0) is 65.4 Å². The van der Waals surface area contributed by atoms with Gasteiger partial charge in [0.15, 0.2) is 0 Å². The second-order valence-electron chi connectivity index (χ2n) is 7.50. The van der Waals surface area contributed by atoms with Gasteiger partial charge >= 0.3 is 0 Å². The Bertz CT molecular complexity index is 1320. The lowest BCUT2D eigenvalue weighted by atomic mass is 10.0. The van der Waals surface area contributed by atoms with Gasteiger partial charge in [-0.25, -0.2) is 0 Å². The summed E-state index contributed by atoms with van der Waals surface area (Å²) in [6, 6.07) is 40.3. The topological polar surface area (TPSA) is 35.8 Å². The largest absolute Gasteiger partial charge is 0.507 e. The summed E-state index contributed by atoms with van der Waals surface area (Å²) in [5.41, 5.74) is 4.78.